The fourth-order valence-electron chi connectivity index (χ4n) is 1.24. The lowest BCUT2D eigenvalue weighted by molar-refractivity contribution is -0.106. The largest absolute Gasteiger partial charge is 0.403 e. The van der Waals surface area contributed by atoms with Gasteiger partial charge in [0.25, 0.3) is 0 Å². The van der Waals surface area contributed by atoms with Crippen molar-refractivity contribution in [2.45, 2.75) is 18.0 Å². The Morgan fingerprint density at radius 3 is 2.38 bits per heavy atom. The zero-order valence-corrected chi connectivity index (χ0v) is 9.19. The summed E-state index contributed by atoms with van der Waals surface area (Å²) < 4.78 is 59.1. The summed E-state index contributed by atoms with van der Waals surface area (Å²) in [6.45, 7) is 1.42. The van der Waals surface area contributed by atoms with Crippen molar-refractivity contribution in [3.63, 3.8) is 0 Å². The minimum atomic E-state index is -4.75. The van der Waals surface area contributed by atoms with Gasteiger partial charge in [0.1, 0.15) is 0 Å². The third kappa shape index (κ3) is 3.13. The van der Waals surface area contributed by atoms with Crippen molar-refractivity contribution in [2.75, 3.05) is 11.5 Å². The number of benzene rings is 1. The molecule has 0 aliphatic heterocycles. The number of rotatable bonds is 2. The van der Waals surface area contributed by atoms with Gasteiger partial charge in [-0.05, 0) is 24.6 Å². The normalized spacial score (nSPS) is 12.8. The molecular formula is C9H10F3NO2S. The molecule has 0 amide bonds. The number of alkyl halides is 3. The zero-order chi connectivity index (χ0) is 12.6. The van der Waals surface area contributed by atoms with E-state index in [1.165, 1.54) is 19.1 Å². The molecular weight excluding hydrogens is 243 g/mol. The smallest absolute Gasteiger partial charge is 0.399 e. The lowest BCUT2D eigenvalue weighted by atomic mass is 10.2. The molecule has 0 heterocycles. The molecule has 1 aromatic rings. The van der Waals surface area contributed by atoms with Crippen LogP contribution < -0.4 is 5.73 Å². The van der Waals surface area contributed by atoms with Crippen molar-refractivity contribution in [3.05, 3.63) is 23.8 Å². The van der Waals surface area contributed by atoms with Gasteiger partial charge in [-0.1, -0.05) is 6.07 Å². The Kier molecular flexibility index (Phi) is 3.18. The zero-order valence-electron chi connectivity index (χ0n) is 8.38. The van der Waals surface area contributed by atoms with Crippen molar-refractivity contribution in [1.82, 2.24) is 0 Å². The fourth-order valence-corrected chi connectivity index (χ4v) is 2.71. The van der Waals surface area contributed by atoms with Crippen molar-refractivity contribution in [2.24, 2.45) is 0 Å². The van der Waals surface area contributed by atoms with Gasteiger partial charge < -0.3 is 5.73 Å². The van der Waals surface area contributed by atoms with E-state index in [0.717, 1.165) is 6.07 Å². The minimum absolute atomic E-state index is 0.117. The van der Waals surface area contributed by atoms with Crippen molar-refractivity contribution < 1.29 is 21.6 Å². The van der Waals surface area contributed by atoms with Gasteiger partial charge in [-0.25, -0.2) is 8.42 Å². The summed E-state index contributed by atoms with van der Waals surface area (Å²) in [5.41, 5.74) is 5.71. The first-order chi connectivity index (χ1) is 7.12. The highest BCUT2D eigenvalue weighted by Crippen LogP contribution is 2.25. The molecule has 0 fully saturated rings. The summed E-state index contributed by atoms with van der Waals surface area (Å²) in [7, 11) is -4.38. The Hall–Kier alpha value is -1.24. The molecule has 0 aliphatic rings. The summed E-state index contributed by atoms with van der Waals surface area (Å²) in [6.07, 6.45) is -4.75. The minimum Gasteiger partial charge on any atom is -0.399 e. The number of hydrogen-bond donors (Lipinski definition) is 1. The van der Waals surface area contributed by atoms with Crippen LogP contribution in [0.5, 0.6) is 0 Å². The van der Waals surface area contributed by atoms with E-state index in [9.17, 15) is 21.6 Å². The third-order valence-electron chi connectivity index (χ3n) is 1.90. The molecule has 16 heavy (non-hydrogen) atoms. The van der Waals surface area contributed by atoms with Crippen molar-refractivity contribution >= 4 is 15.5 Å². The molecule has 90 valence electrons. The fraction of sp³-hybridized carbons (Fsp3) is 0.333. The first-order valence-corrected chi connectivity index (χ1v) is 5.93. The van der Waals surface area contributed by atoms with E-state index < -0.39 is 21.8 Å². The van der Waals surface area contributed by atoms with Crippen LogP contribution in [0.15, 0.2) is 23.1 Å². The Bertz CT molecular complexity index is 494. The van der Waals surface area contributed by atoms with Crippen LogP contribution in [-0.4, -0.2) is 20.3 Å². The number of aryl methyl sites for hydroxylation is 1. The maximum Gasteiger partial charge on any atom is 0.403 e. The predicted octanol–water partition coefficient (Wildman–Crippen LogP) is 1.91. The van der Waals surface area contributed by atoms with E-state index in [1.807, 2.05) is 0 Å². The average molecular weight is 253 g/mol. The Labute approximate surface area is 91.0 Å². The third-order valence-corrected chi connectivity index (χ3v) is 3.72. The lowest BCUT2D eigenvalue weighted by Gasteiger charge is -2.10. The van der Waals surface area contributed by atoms with Gasteiger partial charge in [0.15, 0.2) is 15.6 Å². The van der Waals surface area contributed by atoms with Crippen LogP contribution in [0.1, 0.15) is 5.56 Å². The van der Waals surface area contributed by atoms with E-state index in [0.29, 0.717) is 0 Å². The molecule has 1 rings (SSSR count). The van der Waals surface area contributed by atoms with Crippen LogP contribution in [0.3, 0.4) is 0 Å². The monoisotopic (exact) mass is 253 g/mol. The Morgan fingerprint density at radius 2 is 1.88 bits per heavy atom. The SMILES string of the molecule is Cc1ccc(N)cc1S(=O)(=O)CC(F)(F)F. The Balaban J connectivity index is 3.22. The molecule has 0 radical (unpaired) electrons. The van der Waals surface area contributed by atoms with Crippen LogP contribution in [0.4, 0.5) is 18.9 Å². The molecule has 0 unspecified atom stereocenters. The molecule has 3 nitrogen and oxygen atoms in total. The maximum atomic E-state index is 12.1. The second-order valence-corrected chi connectivity index (χ2v) is 5.36. The summed E-state index contributed by atoms with van der Waals surface area (Å²) >= 11 is 0. The summed E-state index contributed by atoms with van der Waals surface area (Å²) in [5.74, 6) is -1.87. The van der Waals surface area contributed by atoms with Gasteiger partial charge in [0.2, 0.25) is 0 Å². The van der Waals surface area contributed by atoms with Crippen LogP contribution in [0.2, 0.25) is 0 Å². The van der Waals surface area contributed by atoms with Crippen LogP contribution in [-0.2, 0) is 9.84 Å². The van der Waals surface area contributed by atoms with E-state index in [4.69, 9.17) is 5.73 Å². The Morgan fingerprint density at radius 1 is 1.31 bits per heavy atom. The van der Waals surface area contributed by atoms with Gasteiger partial charge in [0.05, 0.1) is 4.90 Å². The van der Waals surface area contributed by atoms with Gasteiger partial charge in [-0.3, -0.25) is 0 Å². The van der Waals surface area contributed by atoms with Gasteiger partial charge in [0, 0.05) is 5.69 Å². The number of hydrogen-bond acceptors (Lipinski definition) is 3. The van der Waals surface area contributed by atoms with E-state index in [1.54, 1.807) is 0 Å². The van der Waals surface area contributed by atoms with E-state index in [-0.39, 0.29) is 16.1 Å². The summed E-state index contributed by atoms with van der Waals surface area (Å²) in [4.78, 5) is -0.371. The van der Waals surface area contributed by atoms with Crippen molar-refractivity contribution in [1.29, 1.82) is 0 Å². The summed E-state index contributed by atoms with van der Waals surface area (Å²) in [5, 5.41) is 0. The highest BCUT2D eigenvalue weighted by atomic mass is 32.2. The number of sulfone groups is 1. The molecule has 0 atom stereocenters. The number of nitrogens with two attached hydrogens (primary N) is 1. The number of nitrogen functional groups attached to an aromatic ring is 1. The van der Waals surface area contributed by atoms with Gasteiger partial charge in [-0.2, -0.15) is 13.2 Å². The quantitative estimate of drug-likeness (QED) is 0.819. The molecule has 2 N–H and O–H groups in total. The second kappa shape index (κ2) is 3.97. The van der Waals surface area contributed by atoms with E-state index >= 15 is 0 Å². The summed E-state index contributed by atoms with van der Waals surface area (Å²) in [6, 6.07) is 3.84. The predicted molar refractivity (Wildman–Crippen MR) is 53.7 cm³/mol. The highest BCUT2D eigenvalue weighted by molar-refractivity contribution is 7.91. The molecule has 1 aromatic carbocycles. The van der Waals surface area contributed by atoms with Crippen LogP contribution in [0.25, 0.3) is 0 Å². The second-order valence-electron chi connectivity index (χ2n) is 3.40. The van der Waals surface area contributed by atoms with Gasteiger partial charge >= 0.3 is 6.18 Å². The number of halogens is 3. The van der Waals surface area contributed by atoms with Crippen molar-refractivity contribution in [3.8, 4) is 0 Å². The first kappa shape index (κ1) is 12.8. The van der Waals surface area contributed by atoms with Crippen LogP contribution in [0, 0.1) is 6.92 Å². The lowest BCUT2D eigenvalue weighted by Crippen LogP contribution is -2.23. The topological polar surface area (TPSA) is 60.2 Å². The molecule has 0 aromatic heterocycles. The molecule has 7 heteroatoms. The van der Waals surface area contributed by atoms with Crippen LogP contribution >= 0.6 is 0 Å². The number of anilines is 1. The standard InChI is InChI=1S/C9H10F3NO2S/c1-6-2-3-7(13)4-8(6)16(14,15)5-9(10,11)12/h2-4H,5,13H2,1H3. The molecule has 0 saturated carbocycles. The first-order valence-electron chi connectivity index (χ1n) is 4.27. The van der Waals surface area contributed by atoms with Gasteiger partial charge in [-0.15, -0.1) is 0 Å². The molecule has 0 saturated heterocycles. The molecule has 0 spiro atoms. The highest BCUT2D eigenvalue weighted by Gasteiger charge is 2.36. The maximum absolute atomic E-state index is 12.1. The average Bonchev–Trinajstić information content (AvgIpc) is 2.04. The van der Waals surface area contributed by atoms with E-state index in [2.05, 4.69) is 0 Å². The molecule has 0 aliphatic carbocycles. The molecule has 0 bridgehead atoms.